The average Bonchev–Trinajstić information content (AvgIpc) is 2.38. The molecule has 2 N–H and O–H groups in total. The van der Waals surface area contributed by atoms with Gasteiger partial charge in [0.2, 0.25) is 5.91 Å². The molecule has 4 heteroatoms. The van der Waals surface area contributed by atoms with Crippen LogP contribution in [0, 0.1) is 5.92 Å². The van der Waals surface area contributed by atoms with Crippen molar-refractivity contribution in [2.24, 2.45) is 11.7 Å². The summed E-state index contributed by atoms with van der Waals surface area (Å²) in [5.41, 5.74) is 6.99. The molecular weight excluding hydrogens is 248 g/mol. The van der Waals surface area contributed by atoms with Crippen LogP contribution in [0.3, 0.4) is 0 Å². The smallest absolute Gasteiger partial charge is 0.239 e. The zero-order valence-corrected chi connectivity index (χ0v) is 11.9. The van der Waals surface area contributed by atoms with E-state index in [0.717, 1.165) is 12.0 Å². The topological polar surface area (TPSA) is 46.3 Å². The molecule has 0 radical (unpaired) electrons. The number of hydrogen-bond donors (Lipinski definition) is 1. The van der Waals surface area contributed by atoms with Crippen LogP contribution in [0.2, 0.25) is 5.02 Å². The Balaban J connectivity index is 2.62. The second-order valence-electron chi connectivity index (χ2n) is 4.73. The standard InChI is InChI=1S/C14H21ClN2O/c1-4-10(2)13(16)14(18)17(3)9-11-5-7-12(15)8-6-11/h5-8,10,13H,4,9,16H2,1-3H3/t10-,13-/m0/s1. The quantitative estimate of drug-likeness (QED) is 0.892. The van der Waals surface area contributed by atoms with Crippen LogP contribution in [0.15, 0.2) is 24.3 Å². The number of carbonyl (C=O) groups is 1. The second kappa shape index (κ2) is 6.76. The van der Waals surface area contributed by atoms with E-state index < -0.39 is 6.04 Å². The molecule has 0 aliphatic rings. The van der Waals surface area contributed by atoms with Crippen molar-refractivity contribution in [1.29, 1.82) is 0 Å². The Hall–Kier alpha value is -1.06. The van der Waals surface area contributed by atoms with Crippen LogP contribution in [0.5, 0.6) is 0 Å². The average molecular weight is 269 g/mol. The van der Waals surface area contributed by atoms with E-state index in [0.29, 0.717) is 11.6 Å². The Kier molecular flexibility index (Phi) is 5.63. The number of carbonyl (C=O) groups excluding carboxylic acids is 1. The van der Waals surface area contributed by atoms with Crippen LogP contribution in [0.1, 0.15) is 25.8 Å². The fraction of sp³-hybridized carbons (Fsp3) is 0.500. The lowest BCUT2D eigenvalue weighted by Gasteiger charge is -2.24. The van der Waals surface area contributed by atoms with Crippen LogP contribution in [0.25, 0.3) is 0 Å². The van der Waals surface area contributed by atoms with Gasteiger partial charge in [-0.05, 0) is 23.6 Å². The van der Waals surface area contributed by atoms with Gasteiger partial charge in [0.1, 0.15) is 0 Å². The molecule has 0 spiro atoms. The van der Waals surface area contributed by atoms with Crippen molar-refractivity contribution in [3.8, 4) is 0 Å². The van der Waals surface area contributed by atoms with Crippen LogP contribution in [0.4, 0.5) is 0 Å². The van der Waals surface area contributed by atoms with Gasteiger partial charge in [-0.2, -0.15) is 0 Å². The summed E-state index contributed by atoms with van der Waals surface area (Å²) in [5.74, 6) is 0.185. The molecule has 3 nitrogen and oxygen atoms in total. The molecule has 1 amide bonds. The van der Waals surface area contributed by atoms with E-state index in [2.05, 4.69) is 0 Å². The van der Waals surface area contributed by atoms with E-state index in [-0.39, 0.29) is 11.8 Å². The third-order valence-corrected chi connectivity index (χ3v) is 3.50. The lowest BCUT2D eigenvalue weighted by molar-refractivity contribution is -0.132. The van der Waals surface area contributed by atoms with E-state index >= 15 is 0 Å². The van der Waals surface area contributed by atoms with Crippen molar-refractivity contribution in [2.75, 3.05) is 7.05 Å². The molecule has 0 aromatic heterocycles. The summed E-state index contributed by atoms with van der Waals surface area (Å²) < 4.78 is 0. The molecule has 100 valence electrons. The van der Waals surface area contributed by atoms with Crippen LogP contribution >= 0.6 is 11.6 Å². The Bertz CT molecular complexity index is 391. The molecular formula is C14H21ClN2O. The van der Waals surface area contributed by atoms with E-state index in [1.807, 2.05) is 38.1 Å². The number of amides is 1. The molecule has 18 heavy (non-hydrogen) atoms. The molecule has 0 saturated carbocycles. The minimum Gasteiger partial charge on any atom is -0.340 e. The van der Waals surface area contributed by atoms with Crippen LogP contribution < -0.4 is 5.73 Å². The first-order valence-electron chi connectivity index (χ1n) is 6.20. The molecule has 0 heterocycles. The van der Waals surface area contributed by atoms with E-state index in [1.165, 1.54) is 0 Å². The molecule has 0 fully saturated rings. The summed E-state index contributed by atoms with van der Waals surface area (Å²) >= 11 is 5.82. The van der Waals surface area contributed by atoms with Gasteiger partial charge in [0.15, 0.2) is 0 Å². The van der Waals surface area contributed by atoms with Gasteiger partial charge in [0.05, 0.1) is 6.04 Å². The van der Waals surface area contributed by atoms with E-state index in [4.69, 9.17) is 17.3 Å². The maximum absolute atomic E-state index is 12.1. The Morgan fingerprint density at radius 1 is 1.39 bits per heavy atom. The monoisotopic (exact) mass is 268 g/mol. The maximum Gasteiger partial charge on any atom is 0.239 e. The Morgan fingerprint density at radius 3 is 2.44 bits per heavy atom. The minimum atomic E-state index is -0.424. The number of hydrogen-bond acceptors (Lipinski definition) is 2. The number of halogens is 1. The van der Waals surface area contributed by atoms with Gasteiger partial charge in [-0.25, -0.2) is 0 Å². The van der Waals surface area contributed by atoms with Crippen molar-refractivity contribution in [2.45, 2.75) is 32.9 Å². The summed E-state index contributed by atoms with van der Waals surface area (Å²) in [7, 11) is 1.78. The minimum absolute atomic E-state index is 0.0145. The molecule has 0 bridgehead atoms. The molecule has 0 aliphatic heterocycles. The van der Waals surface area contributed by atoms with E-state index in [1.54, 1.807) is 11.9 Å². The molecule has 0 saturated heterocycles. The van der Waals surface area contributed by atoms with Gasteiger partial charge in [0.25, 0.3) is 0 Å². The predicted molar refractivity (Wildman–Crippen MR) is 75.4 cm³/mol. The number of likely N-dealkylation sites (N-methyl/N-ethyl adjacent to an activating group) is 1. The maximum atomic E-state index is 12.1. The molecule has 0 unspecified atom stereocenters. The van der Waals surface area contributed by atoms with Crippen LogP contribution in [-0.2, 0) is 11.3 Å². The van der Waals surface area contributed by atoms with Gasteiger partial charge < -0.3 is 10.6 Å². The summed E-state index contributed by atoms with van der Waals surface area (Å²) in [6, 6.07) is 7.06. The summed E-state index contributed by atoms with van der Waals surface area (Å²) in [4.78, 5) is 13.8. The first-order valence-corrected chi connectivity index (χ1v) is 6.58. The van der Waals surface area contributed by atoms with Crippen molar-refractivity contribution >= 4 is 17.5 Å². The Morgan fingerprint density at radius 2 is 1.94 bits per heavy atom. The highest BCUT2D eigenvalue weighted by molar-refractivity contribution is 6.30. The SMILES string of the molecule is CC[C@H](C)[C@H](N)C(=O)N(C)Cc1ccc(Cl)cc1. The zero-order chi connectivity index (χ0) is 13.7. The fourth-order valence-corrected chi connectivity index (χ4v) is 1.82. The van der Waals surface area contributed by atoms with Gasteiger partial charge in [-0.1, -0.05) is 44.0 Å². The number of nitrogens with two attached hydrogens (primary N) is 1. The predicted octanol–water partition coefficient (Wildman–Crippen LogP) is 2.67. The highest BCUT2D eigenvalue weighted by Gasteiger charge is 2.22. The third-order valence-electron chi connectivity index (χ3n) is 3.25. The zero-order valence-electron chi connectivity index (χ0n) is 11.2. The highest BCUT2D eigenvalue weighted by atomic mass is 35.5. The van der Waals surface area contributed by atoms with Crippen molar-refractivity contribution in [3.63, 3.8) is 0 Å². The van der Waals surface area contributed by atoms with Gasteiger partial charge >= 0.3 is 0 Å². The lowest BCUT2D eigenvalue weighted by Crippen LogP contribution is -2.45. The van der Waals surface area contributed by atoms with Crippen LogP contribution in [-0.4, -0.2) is 23.9 Å². The van der Waals surface area contributed by atoms with Crippen molar-refractivity contribution in [1.82, 2.24) is 4.90 Å². The summed E-state index contributed by atoms with van der Waals surface area (Å²) in [5, 5.41) is 0.698. The molecule has 0 aliphatic carbocycles. The van der Waals surface area contributed by atoms with Gasteiger partial charge in [-0.3, -0.25) is 4.79 Å². The number of benzene rings is 1. The van der Waals surface area contributed by atoms with Crippen molar-refractivity contribution < 1.29 is 4.79 Å². The first-order chi connectivity index (χ1) is 8.45. The number of rotatable bonds is 5. The Labute approximate surface area is 114 Å². The molecule has 1 aromatic carbocycles. The normalized spacial score (nSPS) is 14.1. The van der Waals surface area contributed by atoms with Gasteiger partial charge in [0, 0.05) is 18.6 Å². The molecule has 1 rings (SSSR count). The van der Waals surface area contributed by atoms with E-state index in [9.17, 15) is 4.79 Å². The molecule has 1 aromatic rings. The largest absolute Gasteiger partial charge is 0.340 e. The number of nitrogens with zero attached hydrogens (tertiary/aromatic N) is 1. The second-order valence-corrected chi connectivity index (χ2v) is 5.17. The van der Waals surface area contributed by atoms with Crippen molar-refractivity contribution in [3.05, 3.63) is 34.9 Å². The fourth-order valence-electron chi connectivity index (χ4n) is 1.69. The third kappa shape index (κ3) is 4.00. The summed E-state index contributed by atoms with van der Waals surface area (Å²) in [6.07, 6.45) is 0.904. The summed E-state index contributed by atoms with van der Waals surface area (Å²) in [6.45, 7) is 4.59. The van der Waals surface area contributed by atoms with Gasteiger partial charge in [-0.15, -0.1) is 0 Å². The highest BCUT2D eigenvalue weighted by Crippen LogP contribution is 2.13. The lowest BCUT2D eigenvalue weighted by atomic mass is 9.99. The first kappa shape index (κ1) is 15.0. The molecule has 2 atom stereocenters.